The second-order valence-electron chi connectivity index (χ2n) is 2.56. The van der Waals surface area contributed by atoms with Crippen molar-refractivity contribution >= 4 is 11.7 Å². The van der Waals surface area contributed by atoms with Gasteiger partial charge in [-0.15, -0.1) is 0 Å². The minimum absolute atomic E-state index is 0.380. The molecule has 0 aromatic heterocycles. The standard InChI is InChI=1S/C9H12N2O3/c1-10-9(12)11(13)7-3-5-8(14-2)6-4-7/h3-6,13H,1-2H3,(H,10,12). The van der Waals surface area contributed by atoms with Crippen molar-refractivity contribution in [3.05, 3.63) is 24.3 Å². The molecule has 0 saturated heterocycles. The topological polar surface area (TPSA) is 61.8 Å². The molecule has 0 saturated carbocycles. The van der Waals surface area contributed by atoms with E-state index in [2.05, 4.69) is 5.32 Å². The van der Waals surface area contributed by atoms with Gasteiger partial charge >= 0.3 is 6.03 Å². The maximum absolute atomic E-state index is 11.0. The summed E-state index contributed by atoms with van der Waals surface area (Å²) in [6.45, 7) is 0. The third kappa shape index (κ3) is 2.14. The number of carbonyl (C=O) groups is 1. The van der Waals surface area contributed by atoms with Gasteiger partial charge in [0.25, 0.3) is 0 Å². The van der Waals surface area contributed by atoms with Crippen LogP contribution in [0.15, 0.2) is 24.3 Å². The Hall–Kier alpha value is -1.75. The molecule has 1 aromatic carbocycles. The summed E-state index contributed by atoms with van der Waals surface area (Å²) in [5.41, 5.74) is 0.380. The van der Waals surface area contributed by atoms with Crippen molar-refractivity contribution < 1.29 is 14.7 Å². The zero-order valence-electron chi connectivity index (χ0n) is 8.02. The number of nitrogens with one attached hydrogen (secondary N) is 1. The average molecular weight is 196 g/mol. The molecule has 0 heterocycles. The fourth-order valence-corrected chi connectivity index (χ4v) is 0.947. The highest BCUT2D eigenvalue weighted by Crippen LogP contribution is 2.17. The average Bonchev–Trinajstić information content (AvgIpc) is 2.27. The fraction of sp³-hybridized carbons (Fsp3) is 0.222. The molecule has 0 fully saturated rings. The van der Waals surface area contributed by atoms with Crippen molar-refractivity contribution in [1.29, 1.82) is 0 Å². The summed E-state index contributed by atoms with van der Waals surface area (Å²) in [6, 6.07) is 5.88. The molecule has 0 aliphatic rings. The summed E-state index contributed by atoms with van der Waals surface area (Å²) in [6.07, 6.45) is 0. The van der Waals surface area contributed by atoms with Crippen LogP contribution < -0.4 is 15.1 Å². The van der Waals surface area contributed by atoms with Gasteiger partial charge in [-0.3, -0.25) is 5.21 Å². The SMILES string of the molecule is CNC(=O)N(O)c1ccc(OC)cc1. The molecular weight excluding hydrogens is 184 g/mol. The van der Waals surface area contributed by atoms with Gasteiger partial charge in [-0.1, -0.05) is 0 Å². The number of anilines is 1. The molecule has 5 heteroatoms. The van der Waals surface area contributed by atoms with Crippen LogP contribution in [-0.4, -0.2) is 25.4 Å². The number of hydrogen-bond donors (Lipinski definition) is 2. The van der Waals surface area contributed by atoms with E-state index in [4.69, 9.17) is 4.74 Å². The van der Waals surface area contributed by atoms with E-state index in [-0.39, 0.29) is 0 Å². The third-order valence-corrected chi connectivity index (χ3v) is 1.72. The summed E-state index contributed by atoms with van der Waals surface area (Å²) in [5.74, 6) is 0.666. The summed E-state index contributed by atoms with van der Waals surface area (Å²) < 4.78 is 4.94. The lowest BCUT2D eigenvalue weighted by Gasteiger charge is -2.14. The lowest BCUT2D eigenvalue weighted by molar-refractivity contribution is 0.206. The second-order valence-corrected chi connectivity index (χ2v) is 2.56. The van der Waals surface area contributed by atoms with Crippen LogP contribution in [0.1, 0.15) is 0 Å². The van der Waals surface area contributed by atoms with Crippen LogP contribution in [-0.2, 0) is 0 Å². The molecule has 1 aromatic rings. The molecule has 14 heavy (non-hydrogen) atoms. The third-order valence-electron chi connectivity index (χ3n) is 1.72. The number of hydroxylamine groups is 1. The Labute approximate surface area is 81.9 Å². The summed E-state index contributed by atoms with van der Waals surface area (Å²) >= 11 is 0. The van der Waals surface area contributed by atoms with Gasteiger partial charge in [0, 0.05) is 7.05 Å². The smallest absolute Gasteiger partial charge is 0.345 e. The van der Waals surface area contributed by atoms with E-state index < -0.39 is 6.03 Å². The van der Waals surface area contributed by atoms with Gasteiger partial charge in [0.1, 0.15) is 5.75 Å². The molecule has 1 rings (SSSR count). The number of rotatable bonds is 2. The molecule has 76 valence electrons. The van der Waals surface area contributed by atoms with Crippen LogP contribution >= 0.6 is 0 Å². The van der Waals surface area contributed by atoms with E-state index in [1.807, 2.05) is 0 Å². The first-order valence-electron chi connectivity index (χ1n) is 4.04. The number of ether oxygens (including phenoxy) is 1. The van der Waals surface area contributed by atoms with Crippen molar-refractivity contribution in [1.82, 2.24) is 5.32 Å². The first-order chi connectivity index (χ1) is 6.69. The van der Waals surface area contributed by atoms with E-state index in [0.717, 1.165) is 0 Å². The lowest BCUT2D eigenvalue weighted by atomic mass is 10.3. The van der Waals surface area contributed by atoms with Crippen molar-refractivity contribution in [2.24, 2.45) is 0 Å². The van der Waals surface area contributed by atoms with Crippen molar-refractivity contribution in [3.8, 4) is 5.75 Å². The molecule has 0 atom stereocenters. The van der Waals surface area contributed by atoms with Gasteiger partial charge in [-0.25, -0.2) is 4.79 Å². The lowest BCUT2D eigenvalue weighted by Crippen LogP contribution is -2.35. The zero-order valence-corrected chi connectivity index (χ0v) is 8.02. The number of amides is 2. The Kier molecular flexibility index (Phi) is 3.30. The number of benzene rings is 1. The Bertz CT molecular complexity index is 310. The van der Waals surface area contributed by atoms with Crippen LogP contribution in [0.4, 0.5) is 10.5 Å². The molecule has 2 amide bonds. The maximum Gasteiger partial charge on any atom is 0.345 e. The van der Waals surface area contributed by atoms with E-state index >= 15 is 0 Å². The van der Waals surface area contributed by atoms with Gasteiger partial charge in [-0.2, -0.15) is 5.06 Å². The Morgan fingerprint density at radius 2 is 2.00 bits per heavy atom. The molecule has 0 unspecified atom stereocenters. The van der Waals surface area contributed by atoms with E-state index in [1.54, 1.807) is 31.4 Å². The molecule has 0 bridgehead atoms. The molecule has 0 aliphatic carbocycles. The van der Waals surface area contributed by atoms with Gasteiger partial charge < -0.3 is 10.1 Å². The molecular formula is C9H12N2O3. The molecule has 0 radical (unpaired) electrons. The van der Waals surface area contributed by atoms with Crippen molar-refractivity contribution in [3.63, 3.8) is 0 Å². The number of methoxy groups -OCH3 is 1. The first-order valence-corrected chi connectivity index (χ1v) is 4.04. The summed E-state index contributed by atoms with van der Waals surface area (Å²) in [4.78, 5) is 11.0. The summed E-state index contributed by atoms with van der Waals surface area (Å²) in [7, 11) is 2.99. The van der Waals surface area contributed by atoms with Crippen LogP contribution in [0.5, 0.6) is 5.75 Å². The summed E-state index contributed by atoms with van der Waals surface area (Å²) in [5, 5.41) is 12.2. The van der Waals surface area contributed by atoms with Crippen LogP contribution in [0.3, 0.4) is 0 Å². The highest BCUT2D eigenvalue weighted by molar-refractivity contribution is 5.89. The second kappa shape index (κ2) is 4.48. The van der Waals surface area contributed by atoms with E-state index in [1.165, 1.54) is 7.05 Å². The van der Waals surface area contributed by atoms with Crippen LogP contribution in [0.2, 0.25) is 0 Å². The van der Waals surface area contributed by atoms with Crippen molar-refractivity contribution in [2.45, 2.75) is 0 Å². The number of hydrogen-bond acceptors (Lipinski definition) is 3. The van der Waals surface area contributed by atoms with Gasteiger partial charge in [0.2, 0.25) is 0 Å². The normalized spacial score (nSPS) is 9.36. The first kappa shape index (κ1) is 10.3. The molecule has 5 nitrogen and oxygen atoms in total. The molecule has 2 N–H and O–H groups in total. The molecule has 0 spiro atoms. The minimum atomic E-state index is -0.588. The largest absolute Gasteiger partial charge is 0.497 e. The predicted molar refractivity (Wildman–Crippen MR) is 51.7 cm³/mol. The Morgan fingerprint density at radius 1 is 1.43 bits per heavy atom. The maximum atomic E-state index is 11.0. The number of carbonyl (C=O) groups excluding carboxylic acids is 1. The van der Waals surface area contributed by atoms with E-state index in [9.17, 15) is 10.0 Å². The van der Waals surface area contributed by atoms with Crippen molar-refractivity contribution in [2.75, 3.05) is 19.2 Å². The number of urea groups is 1. The van der Waals surface area contributed by atoms with Gasteiger partial charge in [0.05, 0.1) is 12.8 Å². The Morgan fingerprint density at radius 3 is 2.43 bits per heavy atom. The quantitative estimate of drug-likeness (QED) is 0.552. The Balaban J connectivity index is 2.81. The highest BCUT2D eigenvalue weighted by atomic mass is 16.5. The predicted octanol–water partition coefficient (Wildman–Crippen LogP) is 1.23. The van der Waals surface area contributed by atoms with Crippen LogP contribution in [0, 0.1) is 0 Å². The van der Waals surface area contributed by atoms with E-state index in [0.29, 0.717) is 16.5 Å². The fourth-order valence-electron chi connectivity index (χ4n) is 0.947. The van der Waals surface area contributed by atoms with Crippen LogP contribution in [0.25, 0.3) is 0 Å². The number of nitrogens with zero attached hydrogens (tertiary/aromatic N) is 1. The highest BCUT2D eigenvalue weighted by Gasteiger charge is 2.10. The minimum Gasteiger partial charge on any atom is -0.497 e. The molecule has 0 aliphatic heterocycles. The van der Waals surface area contributed by atoms with Gasteiger partial charge in [0.15, 0.2) is 0 Å². The monoisotopic (exact) mass is 196 g/mol. The van der Waals surface area contributed by atoms with Gasteiger partial charge in [-0.05, 0) is 24.3 Å². The zero-order chi connectivity index (χ0) is 10.6.